The fourth-order valence-corrected chi connectivity index (χ4v) is 4.49. The number of fused-ring (bicyclic) bond motifs is 1. The number of nitrogens with one attached hydrogen (secondary N) is 1. The topological polar surface area (TPSA) is 36.9 Å². The molecule has 1 aliphatic carbocycles. The highest BCUT2D eigenvalue weighted by molar-refractivity contribution is 14.0. The van der Waals surface area contributed by atoms with Crippen LogP contribution in [-0.2, 0) is 11.3 Å². The lowest BCUT2D eigenvalue weighted by molar-refractivity contribution is -0.107. The van der Waals surface area contributed by atoms with Crippen LogP contribution in [0.15, 0.2) is 21.8 Å². The van der Waals surface area contributed by atoms with Gasteiger partial charge < -0.3 is 15.0 Å². The van der Waals surface area contributed by atoms with E-state index in [-0.39, 0.29) is 29.4 Å². The van der Waals surface area contributed by atoms with Crippen molar-refractivity contribution in [3.8, 4) is 0 Å². The van der Waals surface area contributed by atoms with E-state index in [0.717, 1.165) is 25.5 Å². The average Bonchev–Trinajstić information content (AvgIpc) is 3.09. The summed E-state index contributed by atoms with van der Waals surface area (Å²) in [5.74, 6) is 1.61. The number of guanidine groups is 1. The van der Waals surface area contributed by atoms with Crippen LogP contribution in [0.25, 0.3) is 0 Å². The van der Waals surface area contributed by atoms with Crippen molar-refractivity contribution in [3.05, 3.63) is 22.4 Å². The molecule has 4 nitrogen and oxygen atoms in total. The number of hydrogen-bond donors (Lipinski definition) is 1. The number of aliphatic imine (C=N–C) groups is 1. The van der Waals surface area contributed by atoms with Crippen LogP contribution in [-0.4, -0.2) is 43.7 Å². The molecule has 1 aromatic rings. The zero-order chi connectivity index (χ0) is 15.0. The minimum Gasteiger partial charge on any atom is -0.377 e. The zero-order valence-electron chi connectivity index (χ0n) is 13.7. The summed E-state index contributed by atoms with van der Waals surface area (Å²) < 4.78 is 5.87. The Hall–Kier alpha value is -0.340. The van der Waals surface area contributed by atoms with Crippen molar-refractivity contribution in [3.63, 3.8) is 0 Å². The molecule has 3 rings (SSSR count). The Morgan fingerprint density at radius 1 is 1.55 bits per heavy atom. The molecule has 2 heterocycles. The largest absolute Gasteiger partial charge is 0.377 e. The van der Waals surface area contributed by atoms with E-state index < -0.39 is 0 Å². The summed E-state index contributed by atoms with van der Waals surface area (Å²) in [6, 6.07) is 2.62. The quantitative estimate of drug-likeness (QED) is 0.450. The predicted octanol–water partition coefficient (Wildman–Crippen LogP) is 3.19. The van der Waals surface area contributed by atoms with Crippen LogP contribution in [0, 0.1) is 11.3 Å². The van der Waals surface area contributed by atoms with Gasteiger partial charge in [-0.15, -0.1) is 24.0 Å². The number of hydrogen-bond acceptors (Lipinski definition) is 3. The lowest BCUT2D eigenvalue weighted by Gasteiger charge is -2.55. The molecule has 124 valence electrons. The highest BCUT2D eigenvalue weighted by atomic mass is 127. The molecule has 22 heavy (non-hydrogen) atoms. The van der Waals surface area contributed by atoms with Gasteiger partial charge in [0.2, 0.25) is 0 Å². The van der Waals surface area contributed by atoms with Crippen molar-refractivity contribution < 1.29 is 4.74 Å². The van der Waals surface area contributed by atoms with E-state index in [1.54, 1.807) is 11.3 Å². The lowest BCUT2D eigenvalue weighted by atomic mass is 9.57. The summed E-state index contributed by atoms with van der Waals surface area (Å²) in [4.78, 5) is 6.66. The molecular formula is C16H26IN3OS. The molecule has 1 saturated heterocycles. The van der Waals surface area contributed by atoms with Crippen molar-refractivity contribution in [2.24, 2.45) is 16.3 Å². The van der Waals surface area contributed by atoms with Crippen molar-refractivity contribution in [2.75, 3.05) is 20.7 Å². The number of nitrogens with zero attached hydrogens (tertiary/aromatic N) is 2. The van der Waals surface area contributed by atoms with Gasteiger partial charge in [-0.1, -0.05) is 13.8 Å². The summed E-state index contributed by atoms with van der Waals surface area (Å²) in [5.41, 5.74) is 1.51. The lowest BCUT2D eigenvalue weighted by Crippen LogP contribution is -2.67. The normalized spacial score (nSPS) is 29.3. The van der Waals surface area contributed by atoms with Crippen LogP contribution in [0.4, 0.5) is 0 Å². The molecule has 3 unspecified atom stereocenters. The summed E-state index contributed by atoms with van der Waals surface area (Å²) in [6.07, 6.45) is 1.58. The fourth-order valence-electron chi connectivity index (χ4n) is 3.83. The Balaban J connectivity index is 0.00000176. The highest BCUT2D eigenvalue weighted by Crippen LogP contribution is 2.52. The van der Waals surface area contributed by atoms with Gasteiger partial charge in [-0.25, -0.2) is 0 Å². The zero-order valence-corrected chi connectivity index (χ0v) is 16.9. The summed E-state index contributed by atoms with van der Waals surface area (Å²) in [7, 11) is 3.96. The molecule has 0 bridgehead atoms. The van der Waals surface area contributed by atoms with Gasteiger partial charge in [0.15, 0.2) is 5.96 Å². The Morgan fingerprint density at radius 3 is 2.95 bits per heavy atom. The molecule has 1 saturated carbocycles. The molecule has 6 heteroatoms. The number of halogens is 1. The fraction of sp³-hybridized carbons (Fsp3) is 0.688. The second-order valence-electron chi connectivity index (χ2n) is 6.72. The van der Waals surface area contributed by atoms with E-state index in [9.17, 15) is 0 Å². The van der Waals surface area contributed by atoms with Crippen LogP contribution in [0.1, 0.15) is 25.8 Å². The third kappa shape index (κ3) is 3.14. The first-order chi connectivity index (χ1) is 10.0. The maximum Gasteiger partial charge on any atom is 0.193 e. The number of ether oxygens (including phenoxy) is 1. The van der Waals surface area contributed by atoms with E-state index in [1.807, 2.05) is 7.05 Å². The first-order valence-corrected chi connectivity index (χ1v) is 8.55. The molecule has 2 aliphatic rings. The van der Waals surface area contributed by atoms with Gasteiger partial charge >= 0.3 is 0 Å². The van der Waals surface area contributed by atoms with E-state index in [4.69, 9.17) is 4.74 Å². The van der Waals surface area contributed by atoms with Gasteiger partial charge in [-0.2, -0.15) is 11.3 Å². The van der Waals surface area contributed by atoms with Crippen LogP contribution in [0.3, 0.4) is 0 Å². The van der Waals surface area contributed by atoms with Gasteiger partial charge in [0, 0.05) is 44.6 Å². The van der Waals surface area contributed by atoms with Gasteiger partial charge in [0.1, 0.15) is 0 Å². The van der Waals surface area contributed by atoms with Crippen molar-refractivity contribution in [2.45, 2.75) is 39.0 Å². The van der Waals surface area contributed by atoms with Crippen LogP contribution >= 0.6 is 35.3 Å². The summed E-state index contributed by atoms with van der Waals surface area (Å²) in [6.45, 7) is 6.38. The van der Waals surface area contributed by atoms with Crippen molar-refractivity contribution in [1.29, 1.82) is 0 Å². The van der Waals surface area contributed by atoms with Crippen molar-refractivity contribution >= 4 is 41.3 Å². The Bertz CT molecular complexity index is 517. The molecule has 1 aromatic heterocycles. The standard InChI is InChI=1S/C16H25N3OS.HI/c1-16(2)13(12-5-7-20-14(12)16)18-15(17-3)19(4)9-11-6-8-21-10-11;/h6,8,10,12-14H,5,7,9H2,1-4H3,(H,17,18);1H. The molecule has 2 fully saturated rings. The van der Waals surface area contributed by atoms with E-state index in [2.05, 4.69) is 52.9 Å². The highest BCUT2D eigenvalue weighted by Gasteiger charge is 2.59. The molecule has 0 aromatic carbocycles. The molecule has 3 atom stereocenters. The monoisotopic (exact) mass is 435 g/mol. The average molecular weight is 435 g/mol. The Morgan fingerprint density at radius 2 is 2.32 bits per heavy atom. The molecular weight excluding hydrogens is 409 g/mol. The van der Waals surface area contributed by atoms with Crippen LogP contribution in [0.2, 0.25) is 0 Å². The maximum absolute atomic E-state index is 5.87. The first-order valence-electron chi connectivity index (χ1n) is 7.61. The minimum atomic E-state index is 0. The third-order valence-corrected chi connectivity index (χ3v) is 5.69. The Labute approximate surface area is 154 Å². The van der Waals surface area contributed by atoms with E-state index in [1.165, 1.54) is 5.56 Å². The predicted molar refractivity (Wildman–Crippen MR) is 103 cm³/mol. The SMILES string of the molecule is CN=C(NC1C2CCOC2C1(C)C)N(C)Cc1ccsc1.I. The summed E-state index contributed by atoms with van der Waals surface area (Å²) >= 11 is 1.74. The van der Waals surface area contributed by atoms with Gasteiger partial charge in [-0.05, 0) is 28.8 Å². The molecule has 1 N–H and O–H groups in total. The smallest absolute Gasteiger partial charge is 0.193 e. The number of thiophene rings is 1. The summed E-state index contributed by atoms with van der Waals surface area (Å²) in [5, 5.41) is 7.99. The second-order valence-corrected chi connectivity index (χ2v) is 7.50. The van der Waals surface area contributed by atoms with Gasteiger partial charge in [0.25, 0.3) is 0 Å². The Kier molecular flexibility index (Phi) is 5.77. The van der Waals surface area contributed by atoms with Crippen LogP contribution < -0.4 is 5.32 Å². The molecule has 0 radical (unpaired) electrons. The molecule has 1 aliphatic heterocycles. The molecule has 0 spiro atoms. The molecule has 0 amide bonds. The van der Waals surface area contributed by atoms with Crippen LogP contribution in [0.5, 0.6) is 0 Å². The minimum absolute atomic E-state index is 0. The first kappa shape index (κ1) is 18.0. The van der Waals surface area contributed by atoms with Gasteiger partial charge in [0.05, 0.1) is 6.10 Å². The van der Waals surface area contributed by atoms with Gasteiger partial charge in [-0.3, -0.25) is 4.99 Å². The van der Waals surface area contributed by atoms with E-state index in [0.29, 0.717) is 18.1 Å². The van der Waals surface area contributed by atoms with E-state index >= 15 is 0 Å². The number of rotatable bonds is 3. The van der Waals surface area contributed by atoms with Crippen molar-refractivity contribution in [1.82, 2.24) is 10.2 Å². The third-order valence-electron chi connectivity index (χ3n) is 4.96. The second kappa shape index (κ2) is 7.05. The maximum atomic E-state index is 5.87.